The Morgan fingerprint density at radius 3 is 2.15 bits per heavy atom. The van der Waals surface area contributed by atoms with Gasteiger partial charge in [-0.25, -0.2) is 9.18 Å². The fourth-order valence-electron chi connectivity index (χ4n) is 3.01. The molecular weight excluding hydrogens is 441 g/mol. The Balaban J connectivity index is 1.74. The van der Waals surface area contributed by atoms with E-state index in [0.29, 0.717) is 11.4 Å². The van der Waals surface area contributed by atoms with Crippen molar-refractivity contribution in [3.05, 3.63) is 95.8 Å². The van der Waals surface area contributed by atoms with Gasteiger partial charge >= 0.3 is 11.9 Å². The van der Waals surface area contributed by atoms with Crippen LogP contribution in [0, 0.1) is 5.82 Å². The van der Waals surface area contributed by atoms with E-state index in [-0.39, 0.29) is 31.9 Å². The highest BCUT2D eigenvalue weighted by Gasteiger charge is 2.22. The molecule has 0 saturated carbocycles. The lowest BCUT2D eigenvalue weighted by molar-refractivity contribution is -0.145. The van der Waals surface area contributed by atoms with Gasteiger partial charge in [0, 0.05) is 11.3 Å². The summed E-state index contributed by atoms with van der Waals surface area (Å²) in [6.45, 7) is 1.41. The molecule has 0 saturated heterocycles. The summed E-state index contributed by atoms with van der Waals surface area (Å²) >= 11 is 0. The molecule has 3 aromatic rings. The fourth-order valence-corrected chi connectivity index (χ4v) is 3.01. The highest BCUT2D eigenvalue weighted by atomic mass is 19.1. The second-order valence-corrected chi connectivity index (χ2v) is 7.13. The lowest BCUT2D eigenvalue weighted by Gasteiger charge is -2.22. The van der Waals surface area contributed by atoms with Gasteiger partial charge in [0.05, 0.1) is 6.61 Å². The van der Waals surface area contributed by atoms with Gasteiger partial charge in [-0.15, -0.1) is 0 Å². The minimum atomic E-state index is -0.609. The van der Waals surface area contributed by atoms with Crippen molar-refractivity contribution in [1.82, 2.24) is 0 Å². The van der Waals surface area contributed by atoms with Crippen LogP contribution in [0.25, 0.3) is 0 Å². The molecule has 0 N–H and O–H groups in total. The molecule has 0 aromatic heterocycles. The topological polar surface area (TPSA) is 82.1 Å². The first kappa shape index (κ1) is 24.4. The van der Waals surface area contributed by atoms with E-state index >= 15 is 0 Å². The standard InChI is InChI=1S/C26H24FNO6/c1-2-32-25(30)18-33-23-14-12-22(13-15-23)28(26(31)20-8-10-21(27)11-9-20)16-24(29)34-17-19-6-4-3-5-7-19/h3-15H,2,16-18H2,1H3. The van der Waals surface area contributed by atoms with Gasteiger partial charge in [0.2, 0.25) is 0 Å². The molecule has 8 heteroatoms. The van der Waals surface area contributed by atoms with Crippen molar-refractivity contribution < 1.29 is 33.0 Å². The number of nitrogens with zero attached hydrogens (tertiary/aromatic N) is 1. The second kappa shape index (κ2) is 12.2. The number of hydrogen-bond acceptors (Lipinski definition) is 6. The van der Waals surface area contributed by atoms with E-state index in [2.05, 4.69) is 0 Å². The van der Waals surface area contributed by atoms with Gasteiger partial charge in [0.25, 0.3) is 5.91 Å². The largest absolute Gasteiger partial charge is 0.482 e. The van der Waals surface area contributed by atoms with Crippen molar-refractivity contribution >= 4 is 23.5 Å². The molecular formula is C26H24FNO6. The zero-order valence-corrected chi connectivity index (χ0v) is 18.6. The summed E-state index contributed by atoms with van der Waals surface area (Å²) in [4.78, 5) is 38.4. The molecule has 0 aliphatic heterocycles. The summed E-state index contributed by atoms with van der Waals surface area (Å²) in [6.07, 6.45) is 0. The molecule has 3 aromatic carbocycles. The number of esters is 2. The first-order chi connectivity index (χ1) is 16.5. The molecule has 0 aliphatic rings. The van der Waals surface area contributed by atoms with Crippen LogP contribution in [0.4, 0.5) is 10.1 Å². The third kappa shape index (κ3) is 7.16. The van der Waals surface area contributed by atoms with Gasteiger partial charge in [-0.3, -0.25) is 14.5 Å². The molecule has 176 valence electrons. The first-order valence-electron chi connectivity index (χ1n) is 10.6. The average molecular weight is 465 g/mol. The molecule has 0 atom stereocenters. The van der Waals surface area contributed by atoms with Crippen molar-refractivity contribution in [2.24, 2.45) is 0 Å². The molecule has 0 bridgehead atoms. The summed E-state index contributed by atoms with van der Waals surface area (Å²) in [5.74, 6) is -1.70. The zero-order valence-electron chi connectivity index (χ0n) is 18.6. The van der Waals surface area contributed by atoms with Gasteiger partial charge < -0.3 is 14.2 Å². The molecule has 0 spiro atoms. The number of benzene rings is 3. The predicted octanol–water partition coefficient (Wildman–Crippen LogP) is 4.16. The predicted molar refractivity (Wildman–Crippen MR) is 123 cm³/mol. The number of rotatable bonds is 10. The zero-order chi connectivity index (χ0) is 24.3. The maximum absolute atomic E-state index is 13.3. The lowest BCUT2D eigenvalue weighted by atomic mass is 10.1. The maximum Gasteiger partial charge on any atom is 0.344 e. The lowest BCUT2D eigenvalue weighted by Crippen LogP contribution is -2.36. The fraction of sp³-hybridized carbons (Fsp3) is 0.192. The third-order valence-corrected chi connectivity index (χ3v) is 4.68. The summed E-state index contributed by atoms with van der Waals surface area (Å²) in [5, 5.41) is 0. The number of ether oxygens (including phenoxy) is 3. The van der Waals surface area contributed by atoms with E-state index < -0.39 is 23.7 Å². The Morgan fingerprint density at radius 2 is 1.50 bits per heavy atom. The molecule has 7 nitrogen and oxygen atoms in total. The van der Waals surface area contributed by atoms with Gasteiger partial charge in [-0.1, -0.05) is 30.3 Å². The van der Waals surface area contributed by atoms with Crippen LogP contribution < -0.4 is 9.64 Å². The van der Waals surface area contributed by atoms with Gasteiger partial charge in [0.1, 0.15) is 24.7 Å². The molecule has 0 aliphatic carbocycles. The second-order valence-electron chi connectivity index (χ2n) is 7.13. The molecule has 0 radical (unpaired) electrons. The number of carbonyl (C=O) groups excluding carboxylic acids is 3. The highest BCUT2D eigenvalue weighted by Crippen LogP contribution is 2.22. The first-order valence-corrected chi connectivity index (χ1v) is 10.6. The van der Waals surface area contributed by atoms with Crippen molar-refractivity contribution in [1.29, 1.82) is 0 Å². The SMILES string of the molecule is CCOC(=O)COc1ccc(N(CC(=O)OCc2ccccc2)C(=O)c2ccc(F)cc2)cc1. The average Bonchev–Trinajstić information content (AvgIpc) is 2.86. The Labute approximate surface area is 196 Å². The molecule has 3 rings (SSSR count). The van der Waals surface area contributed by atoms with Crippen molar-refractivity contribution in [3.63, 3.8) is 0 Å². The Hall–Kier alpha value is -4.20. The number of carbonyl (C=O) groups is 3. The quantitative estimate of drug-likeness (QED) is 0.418. The molecule has 0 heterocycles. The van der Waals surface area contributed by atoms with E-state index in [1.54, 1.807) is 31.2 Å². The third-order valence-electron chi connectivity index (χ3n) is 4.68. The van der Waals surface area contributed by atoms with Crippen LogP contribution in [0.5, 0.6) is 5.75 Å². The summed E-state index contributed by atoms with van der Waals surface area (Å²) < 4.78 is 28.8. The van der Waals surface area contributed by atoms with Crippen LogP contribution in [-0.2, 0) is 25.7 Å². The van der Waals surface area contributed by atoms with Gasteiger partial charge in [0.15, 0.2) is 6.61 Å². The number of amides is 1. The van der Waals surface area contributed by atoms with Crippen LogP contribution >= 0.6 is 0 Å². The minimum Gasteiger partial charge on any atom is -0.482 e. The molecule has 0 unspecified atom stereocenters. The Kier molecular flexibility index (Phi) is 8.73. The summed E-state index contributed by atoms with van der Waals surface area (Å²) in [5.41, 5.74) is 1.42. The molecule has 34 heavy (non-hydrogen) atoms. The molecule has 0 fully saturated rings. The minimum absolute atomic E-state index is 0.0683. The van der Waals surface area contributed by atoms with Crippen molar-refractivity contribution in [2.45, 2.75) is 13.5 Å². The van der Waals surface area contributed by atoms with E-state index in [1.807, 2.05) is 30.3 Å². The van der Waals surface area contributed by atoms with Crippen LogP contribution in [0.2, 0.25) is 0 Å². The maximum atomic E-state index is 13.3. The van der Waals surface area contributed by atoms with Crippen LogP contribution in [0.15, 0.2) is 78.9 Å². The number of hydrogen-bond donors (Lipinski definition) is 0. The smallest absolute Gasteiger partial charge is 0.344 e. The van der Waals surface area contributed by atoms with Crippen LogP contribution in [0.3, 0.4) is 0 Å². The van der Waals surface area contributed by atoms with Crippen LogP contribution in [-0.4, -0.2) is 37.6 Å². The Morgan fingerprint density at radius 1 is 0.824 bits per heavy atom. The van der Waals surface area contributed by atoms with E-state index in [9.17, 15) is 18.8 Å². The van der Waals surface area contributed by atoms with Gasteiger partial charge in [-0.2, -0.15) is 0 Å². The Bertz CT molecular complexity index is 1100. The number of anilines is 1. The normalized spacial score (nSPS) is 10.3. The summed E-state index contributed by atoms with van der Waals surface area (Å²) in [6, 6.07) is 20.5. The summed E-state index contributed by atoms with van der Waals surface area (Å²) in [7, 11) is 0. The van der Waals surface area contributed by atoms with Crippen molar-refractivity contribution in [3.8, 4) is 5.75 Å². The van der Waals surface area contributed by atoms with Gasteiger partial charge in [-0.05, 0) is 61.0 Å². The van der Waals surface area contributed by atoms with Crippen LogP contribution in [0.1, 0.15) is 22.8 Å². The van der Waals surface area contributed by atoms with E-state index in [1.165, 1.54) is 29.2 Å². The van der Waals surface area contributed by atoms with Crippen molar-refractivity contribution in [2.75, 3.05) is 24.7 Å². The van der Waals surface area contributed by atoms with E-state index in [4.69, 9.17) is 14.2 Å². The highest BCUT2D eigenvalue weighted by molar-refractivity contribution is 6.08. The molecule has 1 amide bonds. The van der Waals surface area contributed by atoms with E-state index in [0.717, 1.165) is 5.56 Å². The number of halogens is 1. The monoisotopic (exact) mass is 465 g/mol.